The van der Waals surface area contributed by atoms with Crippen molar-refractivity contribution in [2.75, 3.05) is 0 Å². The van der Waals surface area contributed by atoms with E-state index in [9.17, 15) is 24.8 Å². The Hall–Kier alpha value is -2.90. The molecular formula is C10H7N3O5. The molecule has 1 fully saturated rings. The van der Waals surface area contributed by atoms with Crippen molar-refractivity contribution in [1.29, 1.82) is 0 Å². The molecule has 0 atom stereocenters. The Morgan fingerprint density at radius 3 is 2.56 bits per heavy atom. The molecule has 92 valence electrons. The van der Waals surface area contributed by atoms with E-state index in [-0.39, 0.29) is 11.3 Å². The lowest BCUT2D eigenvalue weighted by atomic mass is 10.1. The van der Waals surface area contributed by atoms with E-state index in [1.165, 1.54) is 12.1 Å². The topological polar surface area (TPSA) is 122 Å². The van der Waals surface area contributed by atoms with Gasteiger partial charge in [-0.15, -0.1) is 0 Å². The summed E-state index contributed by atoms with van der Waals surface area (Å²) in [4.78, 5) is 32.0. The quantitative estimate of drug-likeness (QED) is 0.304. The van der Waals surface area contributed by atoms with Crippen LogP contribution >= 0.6 is 0 Å². The molecule has 1 aliphatic heterocycles. The summed E-state index contributed by atoms with van der Waals surface area (Å²) in [6.07, 6.45) is 1.16. The third-order valence-electron chi connectivity index (χ3n) is 2.26. The van der Waals surface area contributed by atoms with Crippen molar-refractivity contribution in [2.24, 2.45) is 0 Å². The van der Waals surface area contributed by atoms with Crippen LogP contribution in [0.15, 0.2) is 23.9 Å². The van der Waals surface area contributed by atoms with Gasteiger partial charge in [-0.05, 0) is 6.08 Å². The number of nitrogens with one attached hydrogen (secondary N) is 2. The van der Waals surface area contributed by atoms with Crippen LogP contribution in [0.2, 0.25) is 0 Å². The maximum atomic E-state index is 11.2. The molecule has 1 saturated heterocycles. The van der Waals surface area contributed by atoms with Crippen LogP contribution in [-0.2, 0) is 4.79 Å². The summed E-state index contributed by atoms with van der Waals surface area (Å²) in [6, 6.07) is 3.19. The van der Waals surface area contributed by atoms with Crippen LogP contribution in [0, 0.1) is 10.1 Å². The van der Waals surface area contributed by atoms with E-state index in [2.05, 4.69) is 5.32 Å². The third kappa shape index (κ3) is 1.98. The second-order valence-corrected chi connectivity index (χ2v) is 3.44. The number of imide groups is 1. The Morgan fingerprint density at radius 2 is 2.00 bits per heavy atom. The van der Waals surface area contributed by atoms with Gasteiger partial charge in [0.1, 0.15) is 5.70 Å². The van der Waals surface area contributed by atoms with Crippen LogP contribution in [0.3, 0.4) is 0 Å². The molecule has 0 bridgehead atoms. The predicted molar refractivity (Wildman–Crippen MR) is 59.4 cm³/mol. The number of phenolic OH excluding ortho intramolecular Hbond substituents is 1. The number of amides is 3. The molecule has 1 heterocycles. The largest absolute Gasteiger partial charge is 0.502 e. The van der Waals surface area contributed by atoms with Crippen LogP contribution in [0.1, 0.15) is 5.56 Å². The Balaban J connectivity index is 2.44. The average Bonchev–Trinajstić information content (AvgIpc) is 2.60. The second-order valence-electron chi connectivity index (χ2n) is 3.44. The summed E-state index contributed by atoms with van der Waals surface area (Å²) in [6.45, 7) is 0. The summed E-state index contributed by atoms with van der Waals surface area (Å²) in [5.41, 5.74) is -0.499. The number of carbonyl (C=O) groups is 2. The molecule has 8 nitrogen and oxygen atoms in total. The van der Waals surface area contributed by atoms with Gasteiger partial charge < -0.3 is 10.4 Å². The lowest BCUT2D eigenvalue weighted by Crippen LogP contribution is -2.22. The van der Waals surface area contributed by atoms with E-state index in [0.717, 1.165) is 12.1 Å². The Labute approximate surface area is 100 Å². The standard InChI is InChI=1S/C10H7N3O5/c14-8-5(2-1-3-7(8)13(17)18)4-6-9(15)12-10(16)11-6/h1-4,14H,(H2,11,12,15,16)/b6-4-. The highest BCUT2D eigenvalue weighted by atomic mass is 16.6. The molecular weight excluding hydrogens is 242 g/mol. The zero-order valence-electron chi connectivity index (χ0n) is 8.84. The number of benzene rings is 1. The van der Waals surface area contributed by atoms with Crippen LogP contribution in [0.25, 0.3) is 6.08 Å². The first-order chi connectivity index (χ1) is 8.49. The number of para-hydroxylation sites is 1. The van der Waals surface area contributed by atoms with Crippen LogP contribution in [0.4, 0.5) is 10.5 Å². The smallest absolute Gasteiger partial charge is 0.326 e. The van der Waals surface area contributed by atoms with E-state index in [1.807, 2.05) is 5.32 Å². The van der Waals surface area contributed by atoms with Crippen LogP contribution in [0.5, 0.6) is 5.75 Å². The van der Waals surface area contributed by atoms with Crippen molar-refractivity contribution in [2.45, 2.75) is 0 Å². The zero-order chi connectivity index (χ0) is 13.3. The van der Waals surface area contributed by atoms with Crippen molar-refractivity contribution in [3.05, 3.63) is 39.6 Å². The molecule has 0 unspecified atom stereocenters. The van der Waals surface area contributed by atoms with Crippen LogP contribution in [-0.4, -0.2) is 22.0 Å². The SMILES string of the molecule is O=C1NC(=O)/C(=C/c2cccc([N+](=O)[O-])c2O)N1. The number of rotatable bonds is 2. The number of nitro groups is 1. The molecule has 1 aromatic rings. The number of carbonyl (C=O) groups excluding carboxylic acids is 2. The van der Waals surface area contributed by atoms with Crippen LogP contribution < -0.4 is 10.6 Å². The zero-order valence-corrected chi connectivity index (χ0v) is 8.84. The van der Waals surface area contributed by atoms with Gasteiger partial charge >= 0.3 is 11.7 Å². The van der Waals surface area contributed by atoms with Gasteiger partial charge in [0.15, 0.2) is 0 Å². The molecule has 0 aliphatic carbocycles. The van der Waals surface area contributed by atoms with Crippen molar-refractivity contribution < 1.29 is 19.6 Å². The first-order valence-electron chi connectivity index (χ1n) is 4.79. The van der Waals surface area contributed by atoms with Gasteiger partial charge in [-0.1, -0.05) is 12.1 Å². The molecule has 3 N–H and O–H groups in total. The summed E-state index contributed by atoms with van der Waals surface area (Å²) in [5, 5.41) is 24.4. The molecule has 0 saturated carbocycles. The van der Waals surface area contributed by atoms with Gasteiger partial charge in [0, 0.05) is 11.6 Å². The number of nitro benzene ring substituents is 1. The molecule has 1 aromatic carbocycles. The molecule has 8 heteroatoms. The highest BCUT2D eigenvalue weighted by Gasteiger charge is 2.24. The Morgan fingerprint density at radius 1 is 1.28 bits per heavy atom. The van der Waals surface area contributed by atoms with E-state index in [1.54, 1.807) is 0 Å². The highest BCUT2D eigenvalue weighted by Crippen LogP contribution is 2.30. The van der Waals surface area contributed by atoms with E-state index in [0.29, 0.717) is 0 Å². The monoisotopic (exact) mass is 249 g/mol. The van der Waals surface area contributed by atoms with Crippen molar-refractivity contribution in [1.82, 2.24) is 10.6 Å². The number of phenols is 1. The number of aromatic hydroxyl groups is 1. The van der Waals surface area contributed by atoms with Crippen molar-refractivity contribution >= 4 is 23.7 Å². The van der Waals surface area contributed by atoms with Gasteiger partial charge in [-0.25, -0.2) is 4.79 Å². The van der Waals surface area contributed by atoms with Crippen molar-refractivity contribution in [3.8, 4) is 5.75 Å². The highest BCUT2D eigenvalue weighted by molar-refractivity contribution is 6.14. The molecule has 2 rings (SSSR count). The fourth-order valence-corrected chi connectivity index (χ4v) is 1.45. The lowest BCUT2D eigenvalue weighted by Gasteiger charge is -2.00. The molecule has 0 aromatic heterocycles. The number of urea groups is 1. The fraction of sp³-hybridized carbons (Fsp3) is 0. The van der Waals surface area contributed by atoms with Gasteiger partial charge in [-0.2, -0.15) is 0 Å². The number of hydrogen-bond acceptors (Lipinski definition) is 5. The minimum Gasteiger partial charge on any atom is -0.502 e. The summed E-state index contributed by atoms with van der Waals surface area (Å²) >= 11 is 0. The second kappa shape index (κ2) is 4.17. The van der Waals surface area contributed by atoms with Gasteiger partial charge in [-0.3, -0.25) is 20.2 Å². The van der Waals surface area contributed by atoms with E-state index < -0.39 is 28.3 Å². The first kappa shape index (κ1) is 11.6. The predicted octanol–water partition coefficient (Wildman–Crippen LogP) is 0.481. The molecule has 1 aliphatic rings. The normalized spacial score (nSPS) is 16.6. The third-order valence-corrected chi connectivity index (χ3v) is 2.26. The minimum absolute atomic E-state index is 0.0663. The summed E-state index contributed by atoms with van der Waals surface area (Å²) in [7, 11) is 0. The molecule has 0 spiro atoms. The van der Waals surface area contributed by atoms with Crippen molar-refractivity contribution in [3.63, 3.8) is 0 Å². The summed E-state index contributed by atoms with van der Waals surface area (Å²) in [5.74, 6) is -1.23. The van der Waals surface area contributed by atoms with E-state index >= 15 is 0 Å². The molecule has 18 heavy (non-hydrogen) atoms. The maximum absolute atomic E-state index is 11.2. The van der Waals surface area contributed by atoms with Gasteiger partial charge in [0.05, 0.1) is 4.92 Å². The van der Waals surface area contributed by atoms with Gasteiger partial charge in [0.2, 0.25) is 5.75 Å². The maximum Gasteiger partial charge on any atom is 0.326 e. The number of hydrogen-bond donors (Lipinski definition) is 3. The van der Waals surface area contributed by atoms with E-state index in [4.69, 9.17) is 0 Å². The lowest BCUT2D eigenvalue weighted by molar-refractivity contribution is -0.385. The summed E-state index contributed by atoms with van der Waals surface area (Å²) < 4.78 is 0. The first-order valence-corrected chi connectivity index (χ1v) is 4.79. The molecule has 3 amide bonds. The fourth-order valence-electron chi connectivity index (χ4n) is 1.45. The average molecular weight is 249 g/mol. The molecule has 0 radical (unpaired) electrons. The van der Waals surface area contributed by atoms with Gasteiger partial charge in [0.25, 0.3) is 5.91 Å². The Kier molecular flexibility index (Phi) is 2.68. The number of nitrogens with zero attached hydrogens (tertiary/aromatic N) is 1. The Bertz CT molecular complexity index is 593. The minimum atomic E-state index is -0.745.